The molecule has 8 heteroatoms. The van der Waals surface area contributed by atoms with Gasteiger partial charge in [0.15, 0.2) is 0 Å². The van der Waals surface area contributed by atoms with Gasteiger partial charge in [0.05, 0.1) is 29.9 Å². The minimum atomic E-state index is -0.293. The molecule has 8 nitrogen and oxygen atoms in total. The fourth-order valence-corrected chi connectivity index (χ4v) is 3.98. The number of amides is 1. The molecule has 0 bridgehead atoms. The summed E-state index contributed by atoms with van der Waals surface area (Å²) in [7, 11) is 3.48. The standard InChI is InChI=1S/C26H23N5O3/c1-30-23-11-8-20(14-18(23)15-27-30)28-22-5-3-4-17-12-13-31(26(33)25(17)22)16-24(32)29-19-6-9-21(34-2)10-7-19/h3-15,28H,16H2,1-2H3,(H,29,32). The first kappa shape index (κ1) is 21.3. The number of aromatic nitrogens is 3. The Hall–Kier alpha value is -4.59. The molecule has 0 aliphatic carbocycles. The number of hydrogen-bond acceptors (Lipinski definition) is 5. The van der Waals surface area contributed by atoms with Gasteiger partial charge in [-0.1, -0.05) is 12.1 Å². The van der Waals surface area contributed by atoms with Crippen molar-refractivity contribution in [3.05, 3.63) is 89.5 Å². The average molecular weight is 454 g/mol. The number of carbonyl (C=O) groups excluding carboxylic acids is 1. The van der Waals surface area contributed by atoms with E-state index in [0.717, 1.165) is 22.0 Å². The molecule has 0 radical (unpaired) electrons. The lowest BCUT2D eigenvalue weighted by atomic mass is 10.1. The third kappa shape index (κ3) is 4.09. The molecule has 1 amide bonds. The quantitative estimate of drug-likeness (QED) is 0.401. The molecule has 0 saturated carbocycles. The maximum atomic E-state index is 13.3. The fraction of sp³-hybridized carbons (Fsp3) is 0.115. The van der Waals surface area contributed by atoms with E-state index in [0.29, 0.717) is 22.5 Å². The van der Waals surface area contributed by atoms with E-state index in [1.165, 1.54) is 4.57 Å². The van der Waals surface area contributed by atoms with Gasteiger partial charge in [-0.15, -0.1) is 0 Å². The third-order valence-electron chi connectivity index (χ3n) is 5.72. The molecule has 0 fully saturated rings. The Labute approximate surface area is 195 Å². The van der Waals surface area contributed by atoms with Crippen LogP contribution in [0.4, 0.5) is 17.1 Å². The first-order chi connectivity index (χ1) is 16.5. The number of ether oxygens (including phenoxy) is 1. The molecule has 0 aliphatic heterocycles. The molecule has 2 N–H and O–H groups in total. The normalized spacial score (nSPS) is 11.0. The lowest BCUT2D eigenvalue weighted by Crippen LogP contribution is -2.27. The summed E-state index contributed by atoms with van der Waals surface area (Å²) in [5, 5.41) is 12.8. The third-order valence-corrected chi connectivity index (χ3v) is 5.72. The molecule has 3 aromatic carbocycles. The van der Waals surface area contributed by atoms with Gasteiger partial charge in [0, 0.05) is 30.0 Å². The molecule has 5 rings (SSSR count). The molecular weight excluding hydrogens is 430 g/mol. The van der Waals surface area contributed by atoms with Crippen LogP contribution in [0.3, 0.4) is 0 Å². The van der Waals surface area contributed by atoms with Crippen molar-refractivity contribution in [3.8, 4) is 5.75 Å². The number of benzene rings is 3. The Morgan fingerprint density at radius 1 is 1.00 bits per heavy atom. The van der Waals surface area contributed by atoms with Gasteiger partial charge in [0.2, 0.25) is 5.91 Å². The van der Waals surface area contributed by atoms with Crippen LogP contribution in [0.5, 0.6) is 5.75 Å². The molecule has 5 aromatic rings. The molecule has 34 heavy (non-hydrogen) atoms. The number of carbonyl (C=O) groups is 1. The van der Waals surface area contributed by atoms with E-state index in [2.05, 4.69) is 15.7 Å². The van der Waals surface area contributed by atoms with Gasteiger partial charge >= 0.3 is 0 Å². The molecular formula is C26H23N5O3. The van der Waals surface area contributed by atoms with Crippen LogP contribution in [0, 0.1) is 0 Å². The zero-order chi connectivity index (χ0) is 23.7. The SMILES string of the molecule is COc1ccc(NC(=O)Cn2ccc3cccc(Nc4ccc5c(cnn5C)c4)c3c2=O)cc1. The van der Waals surface area contributed by atoms with Crippen LogP contribution in [0.25, 0.3) is 21.7 Å². The second-order valence-corrected chi connectivity index (χ2v) is 7.96. The smallest absolute Gasteiger partial charge is 0.261 e. The van der Waals surface area contributed by atoms with Crippen molar-refractivity contribution in [1.82, 2.24) is 14.3 Å². The van der Waals surface area contributed by atoms with E-state index in [1.54, 1.807) is 43.8 Å². The molecule has 0 saturated heterocycles. The van der Waals surface area contributed by atoms with Crippen molar-refractivity contribution >= 4 is 44.6 Å². The van der Waals surface area contributed by atoms with Crippen LogP contribution in [-0.4, -0.2) is 27.4 Å². The van der Waals surface area contributed by atoms with Crippen LogP contribution in [-0.2, 0) is 18.4 Å². The Morgan fingerprint density at radius 3 is 2.59 bits per heavy atom. The summed E-state index contributed by atoms with van der Waals surface area (Å²) >= 11 is 0. The van der Waals surface area contributed by atoms with Gasteiger partial charge in [0.1, 0.15) is 12.3 Å². The van der Waals surface area contributed by atoms with E-state index < -0.39 is 0 Å². The Balaban J connectivity index is 1.42. The number of nitrogens with one attached hydrogen (secondary N) is 2. The maximum absolute atomic E-state index is 13.3. The monoisotopic (exact) mass is 453 g/mol. The van der Waals surface area contributed by atoms with Gasteiger partial charge in [-0.25, -0.2) is 0 Å². The predicted molar refractivity (Wildman–Crippen MR) is 134 cm³/mol. The van der Waals surface area contributed by atoms with Crippen LogP contribution in [0.1, 0.15) is 0 Å². The number of nitrogens with zero attached hydrogens (tertiary/aromatic N) is 3. The van der Waals surface area contributed by atoms with Crippen molar-refractivity contribution in [1.29, 1.82) is 0 Å². The van der Waals surface area contributed by atoms with Gasteiger partial charge < -0.3 is 19.9 Å². The molecule has 0 atom stereocenters. The lowest BCUT2D eigenvalue weighted by molar-refractivity contribution is -0.116. The van der Waals surface area contributed by atoms with E-state index in [4.69, 9.17) is 4.74 Å². The van der Waals surface area contributed by atoms with Crippen LogP contribution in [0.15, 0.2) is 83.9 Å². The number of rotatable bonds is 6. The number of fused-ring (bicyclic) bond motifs is 2. The summed E-state index contributed by atoms with van der Waals surface area (Å²) in [6, 6.07) is 20.4. The maximum Gasteiger partial charge on any atom is 0.261 e. The zero-order valence-electron chi connectivity index (χ0n) is 18.8. The van der Waals surface area contributed by atoms with Crippen molar-refractivity contribution in [3.63, 3.8) is 0 Å². The number of pyridine rings is 1. The first-order valence-electron chi connectivity index (χ1n) is 10.8. The second kappa shape index (κ2) is 8.74. The largest absolute Gasteiger partial charge is 0.497 e. The van der Waals surface area contributed by atoms with Crippen molar-refractivity contribution in [2.24, 2.45) is 7.05 Å². The highest BCUT2D eigenvalue weighted by Crippen LogP contribution is 2.26. The highest BCUT2D eigenvalue weighted by Gasteiger charge is 2.12. The number of aryl methyl sites for hydroxylation is 1. The highest BCUT2D eigenvalue weighted by atomic mass is 16.5. The summed E-state index contributed by atoms with van der Waals surface area (Å²) in [5.74, 6) is 0.408. The molecule has 2 heterocycles. The predicted octanol–water partition coefficient (Wildman–Crippen LogP) is 4.28. The number of hydrogen-bond donors (Lipinski definition) is 2. The first-order valence-corrected chi connectivity index (χ1v) is 10.8. The van der Waals surface area contributed by atoms with Gasteiger partial charge in [-0.05, 0) is 60.0 Å². The van der Waals surface area contributed by atoms with Crippen molar-refractivity contribution < 1.29 is 9.53 Å². The number of methoxy groups -OCH3 is 1. The summed E-state index contributed by atoms with van der Waals surface area (Å²) in [4.78, 5) is 25.9. The van der Waals surface area contributed by atoms with Gasteiger partial charge in [-0.2, -0.15) is 5.10 Å². The summed E-state index contributed by atoms with van der Waals surface area (Å²) in [6.45, 7) is -0.100. The van der Waals surface area contributed by atoms with E-state index in [9.17, 15) is 9.59 Å². The summed E-state index contributed by atoms with van der Waals surface area (Å²) < 4.78 is 8.36. The van der Waals surface area contributed by atoms with Gasteiger partial charge in [-0.3, -0.25) is 14.3 Å². The Morgan fingerprint density at radius 2 is 1.79 bits per heavy atom. The molecule has 2 aromatic heterocycles. The Bertz CT molecular complexity index is 1570. The number of anilines is 3. The van der Waals surface area contributed by atoms with Gasteiger partial charge in [0.25, 0.3) is 5.56 Å². The minimum absolute atomic E-state index is 0.100. The van der Waals surface area contributed by atoms with E-state index in [1.807, 2.05) is 54.2 Å². The molecule has 0 aliphatic rings. The fourth-order valence-electron chi connectivity index (χ4n) is 3.98. The van der Waals surface area contributed by atoms with E-state index >= 15 is 0 Å². The summed E-state index contributed by atoms with van der Waals surface area (Å²) in [6.07, 6.45) is 3.45. The topological polar surface area (TPSA) is 90.2 Å². The van der Waals surface area contributed by atoms with Crippen molar-refractivity contribution in [2.75, 3.05) is 17.7 Å². The minimum Gasteiger partial charge on any atom is -0.497 e. The Kier molecular flexibility index (Phi) is 5.47. The van der Waals surface area contributed by atoms with Crippen molar-refractivity contribution in [2.45, 2.75) is 6.54 Å². The zero-order valence-corrected chi connectivity index (χ0v) is 18.8. The molecule has 170 valence electrons. The summed E-state index contributed by atoms with van der Waals surface area (Å²) in [5.41, 5.74) is 2.94. The van der Waals surface area contributed by atoms with Crippen LogP contribution < -0.4 is 20.9 Å². The molecule has 0 unspecified atom stereocenters. The van der Waals surface area contributed by atoms with E-state index in [-0.39, 0.29) is 18.0 Å². The lowest BCUT2D eigenvalue weighted by Gasteiger charge is -2.13. The average Bonchev–Trinajstić information content (AvgIpc) is 3.21. The van der Waals surface area contributed by atoms with Crippen LogP contribution in [0.2, 0.25) is 0 Å². The van der Waals surface area contributed by atoms with Crippen LogP contribution >= 0.6 is 0 Å². The molecule has 0 spiro atoms. The highest BCUT2D eigenvalue weighted by molar-refractivity contribution is 5.96. The second-order valence-electron chi connectivity index (χ2n) is 7.96.